The number of carbonyl (C=O) groups is 1. The Morgan fingerprint density at radius 2 is 1.61 bits per heavy atom. The van der Waals surface area contributed by atoms with Gasteiger partial charge >= 0.3 is 0 Å². The van der Waals surface area contributed by atoms with Crippen LogP contribution in [0.1, 0.15) is 34.1 Å². The van der Waals surface area contributed by atoms with Crippen molar-refractivity contribution >= 4 is 27.3 Å². The van der Waals surface area contributed by atoms with Gasteiger partial charge in [-0.05, 0) is 50.1 Å². The fraction of sp³-hybridized carbons (Fsp3) is 0.200. The quantitative estimate of drug-likeness (QED) is 0.590. The molecular formula is C20H22N4O3S. The third-order valence-electron chi connectivity index (χ3n) is 4.32. The number of hydrogen-bond acceptors (Lipinski definition) is 4. The van der Waals surface area contributed by atoms with E-state index in [2.05, 4.69) is 20.2 Å². The Bertz CT molecular complexity index is 1090. The lowest BCUT2D eigenvalue weighted by Crippen LogP contribution is -2.20. The Hall–Kier alpha value is -3.13. The van der Waals surface area contributed by atoms with E-state index in [1.54, 1.807) is 43.3 Å². The molecule has 0 spiro atoms. The van der Waals surface area contributed by atoms with Crippen LogP contribution in [0.25, 0.3) is 0 Å². The summed E-state index contributed by atoms with van der Waals surface area (Å²) in [7, 11) is -4.04. The number of aryl methyl sites for hydroxylation is 3. The fourth-order valence-electron chi connectivity index (χ4n) is 2.71. The highest BCUT2D eigenvalue weighted by atomic mass is 32.2. The summed E-state index contributed by atoms with van der Waals surface area (Å²) < 4.78 is 28.0. The molecule has 0 bridgehead atoms. The Morgan fingerprint density at radius 3 is 2.21 bits per heavy atom. The van der Waals surface area contributed by atoms with Gasteiger partial charge in [0.2, 0.25) is 5.03 Å². The van der Waals surface area contributed by atoms with Crippen LogP contribution in [-0.2, 0) is 16.4 Å². The normalized spacial score (nSPS) is 11.2. The first-order valence-electron chi connectivity index (χ1n) is 8.85. The summed E-state index contributed by atoms with van der Waals surface area (Å²) in [6, 6.07) is 14.3. The van der Waals surface area contributed by atoms with Crippen molar-refractivity contribution < 1.29 is 13.2 Å². The summed E-state index contributed by atoms with van der Waals surface area (Å²) in [5.41, 5.74) is 3.48. The molecule has 146 valence electrons. The van der Waals surface area contributed by atoms with Gasteiger partial charge in [-0.15, -0.1) is 0 Å². The number of aromatic amines is 1. The molecule has 3 aromatic rings. The molecule has 0 radical (unpaired) electrons. The summed E-state index contributed by atoms with van der Waals surface area (Å²) in [5, 5.41) is 8.84. The summed E-state index contributed by atoms with van der Waals surface area (Å²) in [5.74, 6) is -0.542. The molecule has 0 aliphatic heterocycles. The number of H-pyrrole nitrogens is 1. The van der Waals surface area contributed by atoms with Crippen molar-refractivity contribution in [1.29, 1.82) is 0 Å². The number of aromatic nitrogens is 2. The Morgan fingerprint density at radius 1 is 1.00 bits per heavy atom. The summed E-state index contributed by atoms with van der Waals surface area (Å²) in [4.78, 5) is 12.8. The lowest BCUT2D eigenvalue weighted by molar-refractivity contribution is 0.102. The fourth-order valence-corrected chi connectivity index (χ4v) is 3.93. The molecule has 1 heterocycles. The zero-order valence-corrected chi connectivity index (χ0v) is 16.7. The van der Waals surface area contributed by atoms with E-state index in [9.17, 15) is 13.2 Å². The van der Waals surface area contributed by atoms with E-state index in [1.807, 2.05) is 26.0 Å². The Balaban J connectivity index is 1.87. The first kappa shape index (κ1) is 19.6. The van der Waals surface area contributed by atoms with E-state index in [4.69, 9.17) is 0 Å². The number of hydrogen-bond donors (Lipinski definition) is 3. The molecule has 8 heteroatoms. The minimum absolute atomic E-state index is 0.0146. The highest BCUT2D eigenvalue weighted by Crippen LogP contribution is 2.22. The van der Waals surface area contributed by atoms with Crippen LogP contribution in [-0.4, -0.2) is 24.5 Å². The van der Waals surface area contributed by atoms with Gasteiger partial charge in [-0.3, -0.25) is 14.6 Å². The number of nitrogens with one attached hydrogen (secondary N) is 3. The molecule has 28 heavy (non-hydrogen) atoms. The van der Waals surface area contributed by atoms with Gasteiger partial charge in [0, 0.05) is 17.1 Å². The smallest absolute Gasteiger partial charge is 0.282 e. The third kappa shape index (κ3) is 4.23. The van der Waals surface area contributed by atoms with E-state index >= 15 is 0 Å². The number of anilines is 2. The van der Waals surface area contributed by atoms with E-state index in [0.717, 1.165) is 17.5 Å². The van der Waals surface area contributed by atoms with Gasteiger partial charge in [-0.25, -0.2) is 0 Å². The maximum Gasteiger partial charge on any atom is 0.282 e. The molecule has 2 aromatic carbocycles. The molecule has 0 unspecified atom stereocenters. The van der Waals surface area contributed by atoms with Crippen LogP contribution in [0.3, 0.4) is 0 Å². The van der Waals surface area contributed by atoms with Crippen LogP contribution >= 0.6 is 0 Å². The number of benzene rings is 2. The second-order valence-corrected chi connectivity index (χ2v) is 8.10. The molecule has 0 aliphatic carbocycles. The van der Waals surface area contributed by atoms with Gasteiger partial charge in [0.05, 0.1) is 0 Å². The molecule has 0 atom stereocenters. The number of sulfonamides is 1. The van der Waals surface area contributed by atoms with Crippen molar-refractivity contribution in [3.8, 4) is 0 Å². The maximum atomic E-state index is 12.8. The minimum Gasteiger partial charge on any atom is -0.322 e. The highest BCUT2D eigenvalue weighted by molar-refractivity contribution is 7.92. The second-order valence-electron chi connectivity index (χ2n) is 6.50. The van der Waals surface area contributed by atoms with Crippen molar-refractivity contribution in [1.82, 2.24) is 10.2 Å². The molecule has 3 rings (SSSR count). The summed E-state index contributed by atoms with van der Waals surface area (Å²) in [6.07, 6.45) is 0.891. The molecule has 1 amide bonds. The van der Waals surface area contributed by atoms with E-state index in [1.165, 1.54) is 0 Å². The van der Waals surface area contributed by atoms with Crippen molar-refractivity contribution in [2.45, 2.75) is 32.2 Å². The monoisotopic (exact) mass is 398 g/mol. The molecule has 1 aromatic heterocycles. The third-order valence-corrected chi connectivity index (χ3v) is 5.63. The average Bonchev–Trinajstić information content (AvgIpc) is 3.07. The number of amides is 1. The largest absolute Gasteiger partial charge is 0.322 e. The predicted molar refractivity (Wildman–Crippen MR) is 109 cm³/mol. The topological polar surface area (TPSA) is 104 Å². The van der Waals surface area contributed by atoms with E-state index in [0.29, 0.717) is 17.1 Å². The van der Waals surface area contributed by atoms with Crippen LogP contribution in [0.2, 0.25) is 0 Å². The molecular weight excluding hydrogens is 376 g/mol. The number of nitrogens with zero attached hydrogens (tertiary/aromatic N) is 1. The highest BCUT2D eigenvalue weighted by Gasteiger charge is 2.28. The van der Waals surface area contributed by atoms with Gasteiger partial charge in [0.25, 0.3) is 15.9 Å². The molecule has 0 saturated carbocycles. The molecule has 0 saturated heterocycles. The zero-order chi connectivity index (χ0) is 20.3. The summed E-state index contributed by atoms with van der Waals surface area (Å²) >= 11 is 0. The molecule has 3 N–H and O–H groups in total. The van der Waals surface area contributed by atoms with Crippen molar-refractivity contribution in [3.05, 3.63) is 70.9 Å². The second kappa shape index (κ2) is 7.85. The van der Waals surface area contributed by atoms with Gasteiger partial charge in [0.15, 0.2) is 0 Å². The zero-order valence-electron chi connectivity index (χ0n) is 15.9. The predicted octanol–water partition coefficient (Wildman–Crippen LogP) is 3.64. The van der Waals surface area contributed by atoms with Gasteiger partial charge in [0.1, 0.15) is 5.56 Å². The van der Waals surface area contributed by atoms with Gasteiger partial charge < -0.3 is 5.32 Å². The van der Waals surface area contributed by atoms with E-state index < -0.39 is 15.9 Å². The van der Waals surface area contributed by atoms with Crippen molar-refractivity contribution in [3.63, 3.8) is 0 Å². The lowest BCUT2D eigenvalue weighted by Gasteiger charge is -2.09. The molecule has 0 aliphatic rings. The first-order chi connectivity index (χ1) is 13.3. The van der Waals surface area contributed by atoms with Crippen molar-refractivity contribution in [2.24, 2.45) is 0 Å². The lowest BCUT2D eigenvalue weighted by atomic mass is 10.1. The standard InChI is InChI=1S/C20H22N4O3S/c1-4-15-7-11-16(12-8-15)21-19(25)18-14(3)22-23-20(18)28(26,27)24-17-9-5-13(2)6-10-17/h5-12,24H,4H2,1-3H3,(H,21,25)(H,22,23). The van der Waals surface area contributed by atoms with Gasteiger partial charge in [-0.1, -0.05) is 36.8 Å². The van der Waals surface area contributed by atoms with Gasteiger partial charge in [-0.2, -0.15) is 13.5 Å². The average molecular weight is 398 g/mol. The van der Waals surface area contributed by atoms with Crippen LogP contribution < -0.4 is 10.0 Å². The maximum absolute atomic E-state index is 12.8. The number of rotatable bonds is 6. The summed E-state index contributed by atoms with van der Waals surface area (Å²) in [6.45, 7) is 5.55. The van der Waals surface area contributed by atoms with E-state index in [-0.39, 0.29) is 10.6 Å². The SMILES string of the molecule is CCc1ccc(NC(=O)c2c(S(=O)(=O)Nc3ccc(C)cc3)n[nH]c2C)cc1. The van der Waals surface area contributed by atoms with Crippen molar-refractivity contribution in [2.75, 3.05) is 10.0 Å². The molecule has 0 fully saturated rings. The Kier molecular flexibility index (Phi) is 5.51. The number of carbonyl (C=O) groups excluding carboxylic acids is 1. The first-order valence-corrected chi connectivity index (χ1v) is 10.3. The van der Waals surface area contributed by atoms with Crippen LogP contribution in [0.5, 0.6) is 0 Å². The van der Waals surface area contributed by atoms with Crippen LogP contribution in [0, 0.1) is 13.8 Å². The van der Waals surface area contributed by atoms with Crippen LogP contribution in [0.4, 0.5) is 11.4 Å². The Labute approximate surface area is 164 Å². The van der Waals surface area contributed by atoms with Crippen LogP contribution in [0.15, 0.2) is 53.6 Å². The molecule has 7 nitrogen and oxygen atoms in total. The minimum atomic E-state index is -4.04.